The number of imidazole rings is 1. The number of rotatable bonds is 0. The first-order chi connectivity index (χ1) is 6.07. The highest BCUT2D eigenvalue weighted by molar-refractivity contribution is 5.19. The predicted octanol–water partition coefficient (Wildman–Crippen LogP) is 1.78. The topological polar surface area (TPSA) is 37.9 Å². The van der Waals surface area contributed by atoms with Gasteiger partial charge < -0.3 is 9.72 Å². The third-order valence-electron chi connectivity index (χ3n) is 2.31. The number of ether oxygens (including phenoxy) is 1. The fourth-order valence-electron chi connectivity index (χ4n) is 1.47. The van der Waals surface area contributed by atoms with Crippen molar-refractivity contribution in [3.05, 3.63) is 17.2 Å². The number of hydrogen-bond donors (Lipinski definition) is 1. The highest BCUT2D eigenvalue weighted by Crippen LogP contribution is 2.22. The molecule has 3 heteroatoms. The second-order valence-corrected chi connectivity index (χ2v) is 4.56. The van der Waals surface area contributed by atoms with Gasteiger partial charge in [-0.2, -0.15) is 0 Å². The normalized spacial score (nSPS) is 17.2. The van der Waals surface area contributed by atoms with Gasteiger partial charge in [0.25, 0.3) is 0 Å². The van der Waals surface area contributed by atoms with Crippen LogP contribution in [-0.2, 0) is 23.2 Å². The van der Waals surface area contributed by atoms with Crippen LogP contribution in [-0.4, -0.2) is 16.6 Å². The molecule has 0 saturated carbocycles. The van der Waals surface area contributed by atoms with E-state index in [1.54, 1.807) is 0 Å². The minimum atomic E-state index is 0.108. The molecule has 0 atom stereocenters. The first kappa shape index (κ1) is 8.75. The Morgan fingerprint density at radius 2 is 2.15 bits per heavy atom. The molecule has 0 aromatic carbocycles. The van der Waals surface area contributed by atoms with Crippen molar-refractivity contribution in [1.82, 2.24) is 9.97 Å². The van der Waals surface area contributed by atoms with Gasteiger partial charge in [0, 0.05) is 17.5 Å². The second-order valence-electron chi connectivity index (χ2n) is 4.56. The molecule has 0 fully saturated rings. The van der Waals surface area contributed by atoms with E-state index in [4.69, 9.17) is 4.74 Å². The van der Waals surface area contributed by atoms with Crippen molar-refractivity contribution in [2.45, 2.75) is 39.2 Å². The number of aromatic nitrogens is 2. The highest BCUT2D eigenvalue weighted by atomic mass is 16.5. The van der Waals surface area contributed by atoms with Gasteiger partial charge in [-0.25, -0.2) is 4.98 Å². The van der Waals surface area contributed by atoms with Crippen molar-refractivity contribution in [2.75, 3.05) is 6.61 Å². The van der Waals surface area contributed by atoms with E-state index in [0.29, 0.717) is 6.61 Å². The average Bonchev–Trinajstić information content (AvgIpc) is 2.45. The summed E-state index contributed by atoms with van der Waals surface area (Å²) in [7, 11) is 0. The van der Waals surface area contributed by atoms with E-state index in [1.807, 2.05) is 0 Å². The second kappa shape index (κ2) is 2.84. The minimum absolute atomic E-state index is 0.108. The molecule has 2 rings (SSSR count). The van der Waals surface area contributed by atoms with Crippen molar-refractivity contribution in [2.24, 2.45) is 0 Å². The summed E-state index contributed by atoms with van der Waals surface area (Å²) in [5.41, 5.74) is 2.46. The van der Waals surface area contributed by atoms with Crippen molar-refractivity contribution >= 4 is 0 Å². The zero-order chi connectivity index (χ0) is 9.47. The SMILES string of the molecule is CC(C)(C)c1nc2c([nH]1)CCOC2. The molecule has 1 aromatic heterocycles. The van der Waals surface area contributed by atoms with E-state index in [1.165, 1.54) is 5.69 Å². The molecule has 1 aliphatic heterocycles. The Balaban J connectivity index is 2.36. The van der Waals surface area contributed by atoms with Crippen LogP contribution < -0.4 is 0 Å². The van der Waals surface area contributed by atoms with E-state index in [2.05, 4.69) is 30.7 Å². The maximum Gasteiger partial charge on any atom is 0.112 e. The molecule has 72 valence electrons. The Hall–Kier alpha value is -0.830. The first-order valence-corrected chi connectivity index (χ1v) is 4.73. The number of H-pyrrole nitrogens is 1. The lowest BCUT2D eigenvalue weighted by Gasteiger charge is -2.13. The molecular weight excluding hydrogens is 164 g/mol. The Bertz CT molecular complexity index is 286. The van der Waals surface area contributed by atoms with E-state index >= 15 is 0 Å². The number of nitrogens with one attached hydrogen (secondary N) is 1. The van der Waals surface area contributed by atoms with Crippen molar-refractivity contribution < 1.29 is 4.74 Å². The molecule has 0 spiro atoms. The van der Waals surface area contributed by atoms with Crippen LogP contribution in [0.4, 0.5) is 0 Å². The van der Waals surface area contributed by atoms with Gasteiger partial charge in [0.15, 0.2) is 0 Å². The third-order valence-corrected chi connectivity index (χ3v) is 2.31. The molecular formula is C10H16N2O. The van der Waals surface area contributed by atoms with E-state index in [-0.39, 0.29) is 5.41 Å². The standard InChI is InChI=1S/C10H16N2O/c1-10(2,3)9-11-7-4-5-13-6-8(7)12-9/h4-6H2,1-3H3,(H,11,12). The van der Waals surface area contributed by atoms with Crippen molar-refractivity contribution in [3.63, 3.8) is 0 Å². The summed E-state index contributed by atoms with van der Waals surface area (Å²) in [6.45, 7) is 7.98. The Labute approximate surface area is 78.5 Å². The van der Waals surface area contributed by atoms with E-state index in [9.17, 15) is 0 Å². The summed E-state index contributed by atoms with van der Waals surface area (Å²) in [4.78, 5) is 7.92. The summed E-state index contributed by atoms with van der Waals surface area (Å²) in [5, 5.41) is 0. The minimum Gasteiger partial charge on any atom is -0.375 e. The van der Waals surface area contributed by atoms with Gasteiger partial charge in [-0.3, -0.25) is 0 Å². The third kappa shape index (κ3) is 1.61. The molecule has 0 unspecified atom stereocenters. The maximum atomic E-state index is 5.34. The summed E-state index contributed by atoms with van der Waals surface area (Å²) in [6.07, 6.45) is 0.971. The van der Waals surface area contributed by atoms with Crippen LogP contribution in [0.15, 0.2) is 0 Å². The number of fused-ring (bicyclic) bond motifs is 1. The molecule has 1 N–H and O–H groups in total. The quantitative estimate of drug-likeness (QED) is 0.661. The number of hydrogen-bond acceptors (Lipinski definition) is 2. The summed E-state index contributed by atoms with van der Waals surface area (Å²) >= 11 is 0. The molecule has 0 amide bonds. The van der Waals surface area contributed by atoms with Gasteiger partial charge in [0.05, 0.1) is 18.9 Å². The van der Waals surface area contributed by atoms with Crippen LogP contribution in [0, 0.1) is 0 Å². The molecule has 0 radical (unpaired) electrons. The van der Waals surface area contributed by atoms with E-state index in [0.717, 1.165) is 24.5 Å². The molecule has 0 saturated heterocycles. The van der Waals surface area contributed by atoms with Crippen LogP contribution in [0.5, 0.6) is 0 Å². The van der Waals surface area contributed by atoms with Crippen molar-refractivity contribution in [3.8, 4) is 0 Å². The average molecular weight is 180 g/mol. The van der Waals surface area contributed by atoms with E-state index < -0.39 is 0 Å². The van der Waals surface area contributed by atoms with Crippen LogP contribution in [0.2, 0.25) is 0 Å². The van der Waals surface area contributed by atoms with Crippen LogP contribution in [0.3, 0.4) is 0 Å². The zero-order valence-electron chi connectivity index (χ0n) is 8.48. The lowest BCUT2D eigenvalue weighted by molar-refractivity contribution is 0.107. The number of aromatic amines is 1. The van der Waals surface area contributed by atoms with Crippen LogP contribution in [0.1, 0.15) is 38.0 Å². The van der Waals surface area contributed by atoms with Gasteiger partial charge in [-0.15, -0.1) is 0 Å². The molecule has 2 heterocycles. The molecule has 0 aliphatic carbocycles. The summed E-state index contributed by atoms with van der Waals surface area (Å²) in [6, 6.07) is 0. The lowest BCUT2D eigenvalue weighted by Crippen LogP contribution is -2.13. The van der Waals surface area contributed by atoms with Crippen molar-refractivity contribution in [1.29, 1.82) is 0 Å². The predicted molar refractivity (Wildman–Crippen MR) is 50.6 cm³/mol. The summed E-state index contributed by atoms with van der Waals surface area (Å²) < 4.78 is 5.34. The van der Waals surface area contributed by atoms with Crippen LogP contribution >= 0.6 is 0 Å². The Morgan fingerprint density at radius 1 is 1.38 bits per heavy atom. The molecule has 1 aromatic rings. The first-order valence-electron chi connectivity index (χ1n) is 4.73. The van der Waals surface area contributed by atoms with Gasteiger partial charge in [-0.05, 0) is 0 Å². The lowest BCUT2D eigenvalue weighted by atomic mass is 9.96. The molecule has 13 heavy (non-hydrogen) atoms. The smallest absolute Gasteiger partial charge is 0.112 e. The number of nitrogens with zero attached hydrogens (tertiary/aromatic N) is 1. The Kier molecular flexibility index (Phi) is 1.91. The zero-order valence-corrected chi connectivity index (χ0v) is 8.48. The Morgan fingerprint density at radius 3 is 2.77 bits per heavy atom. The van der Waals surface area contributed by atoms with Gasteiger partial charge >= 0.3 is 0 Å². The molecule has 3 nitrogen and oxygen atoms in total. The van der Waals surface area contributed by atoms with Gasteiger partial charge in [0.2, 0.25) is 0 Å². The van der Waals surface area contributed by atoms with Gasteiger partial charge in [0.1, 0.15) is 5.82 Å². The van der Waals surface area contributed by atoms with Crippen LogP contribution in [0.25, 0.3) is 0 Å². The summed E-state index contributed by atoms with van der Waals surface area (Å²) in [5.74, 6) is 1.07. The fraction of sp³-hybridized carbons (Fsp3) is 0.700. The molecule has 1 aliphatic rings. The highest BCUT2D eigenvalue weighted by Gasteiger charge is 2.22. The van der Waals surface area contributed by atoms with Gasteiger partial charge in [-0.1, -0.05) is 20.8 Å². The fourth-order valence-corrected chi connectivity index (χ4v) is 1.47. The monoisotopic (exact) mass is 180 g/mol. The largest absolute Gasteiger partial charge is 0.375 e. The molecule has 0 bridgehead atoms. The maximum absolute atomic E-state index is 5.34.